The molecule has 0 aliphatic heterocycles. The molecule has 0 aliphatic rings. The van der Waals surface area contributed by atoms with Crippen molar-refractivity contribution in [1.82, 2.24) is 0 Å². The van der Waals surface area contributed by atoms with E-state index in [2.05, 4.69) is 6.92 Å². The van der Waals surface area contributed by atoms with Crippen molar-refractivity contribution >= 4 is 0 Å². The Morgan fingerprint density at radius 3 is 1.90 bits per heavy atom. The summed E-state index contributed by atoms with van der Waals surface area (Å²) >= 11 is 0. The molecule has 0 aliphatic carbocycles. The standard InChI is InChI=1S/C24H20F6/c1-2-3-14-4-7-16(8-5-14)18-11-10-17(22(27)23(18)28)9-6-15-12-19(25)21(24(29)30)20(26)13-15/h4-5,7-8,10-13,24H,2-3,6,9H2,1H3. The number of benzene rings is 3. The molecule has 0 heterocycles. The SMILES string of the molecule is CCCc1ccc(-c2ccc(CCc3cc(F)c(C(F)F)c(F)c3)c(F)c2F)cc1. The average Bonchev–Trinajstić information content (AvgIpc) is 2.69. The molecular weight excluding hydrogens is 402 g/mol. The van der Waals surface area contributed by atoms with Gasteiger partial charge in [-0.1, -0.05) is 49.7 Å². The molecule has 0 fully saturated rings. The van der Waals surface area contributed by atoms with E-state index in [0.717, 1.165) is 30.5 Å². The van der Waals surface area contributed by atoms with Gasteiger partial charge in [0.05, 0.1) is 5.56 Å². The number of rotatable bonds is 7. The Kier molecular flexibility index (Phi) is 6.85. The zero-order valence-electron chi connectivity index (χ0n) is 16.3. The van der Waals surface area contributed by atoms with Crippen LogP contribution in [0.15, 0.2) is 48.5 Å². The number of halogens is 6. The van der Waals surface area contributed by atoms with Gasteiger partial charge in [0.1, 0.15) is 11.6 Å². The van der Waals surface area contributed by atoms with E-state index in [1.54, 1.807) is 12.1 Å². The Balaban J connectivity index is 1.79. The van der Waals surface area contributed by atoms with Gasteiger partial charge < -0.3 is 0 Å². The molecule has 0 nitrogen and oxygen atoms in total. The van der Waals surface area contributed by atoms with Gasteiger partial charge in [0.25, 0.3) is 6.43 Å². The third-order valence-corrected chi connectivity index (χ3v) is 5.01. The Morgan fingerprint density at radius 2 is 1.33 bits per heavy atom. The van der Waals surface area contributed by atoms with Crippen LogP contribution in [0.2, 0.25) is 0 Å². The van der Waals surface area contributed by atoms with E-state index in [1.807, 2.05) is 12.1 Å². The van der Waals surface area contributed by atoms with Gasteiger partial charge in [0.2, 0.25) is 0 Å². The van der Waals surface area contributed by atoms with Crippen LogP contribution in [0.25, 0.3) is 11.1 Å². The van der Waals surface area contributed by atoms with Crippen LogP contribution >= 0.6 is 0 Å². The zero-order valence-corrected chi connectivity index (χ0v) is 16.3. The summed E-state index contributed by atoms with van der Waals surface area (Å²) in [6.45, 7) is 2.05. The van der Waals surface area contributed by atoms with Crippen molar-refractivity contribution in [3.8, 4) is 11.1 Å². The molecule has 0 saturated carbocycles. The fraction of sp³-hybridized carbons (Fsp3) is 0.250. The van der Waals surface area contributed by atoms with Gasteiger partial charge in [-0.3, -0.25) is 0 Å². The third kappa shape index (κ3) is 4.69. The summed E-state index contributed by atoms with van der Waals surface area (Å²) in [7, 11) is 0. The molecule has 158 valence electrons. The van der Waals surface area contributed by atoms with Crippen LogP contribution in [0.5, 0.6) is 0 Å². The van der Waals surface area contributed by atoms with Crippen molar-refractivity contribution in [2.75, 3.05) is 0 Å². The summed E-state index contributed by atoms with van der Waals surface area (Å²) in [5, 5.41) is 0. The van der Waals surface area contributed by atoms with Gasteiger partial charge in [0, 0.05) is 5.56 Å². The zero-order chi connectivity index (χ0) is 21.8. The summed E-state index contributed by atoms with van der Waals surface area (Å²) in [6.07, 6.45) is -1.45. The maximum absolute atomic E-state index is 14.6. The lowest BCUT2D eigenvalue weighted by Gasteiger charge is -2.11. The molecule has 3 rings (SSSR count). The minimum Gasteiger partial charge on any atom is -0.206 e. The number of hydrogen-bond acceptors (Lipinski definition) is 0. The summed E-state index contributed by atoms with van der Waals surface area (Å²) < 4.78 is 81.8. The van der Waals surface area contributed by atoms with Crippen LogP contribution in [-0.4, -0.2) is 0 Å². The molecule has 0 spiro atoms. The molecule has 30 heavy (non-hydrogen) atoms. The second-order valence-electron chi connectivity index (χ2n) is 7.12. The van der Waals surface area contributed by atoms with E-state index in [0.29, 0.717) is 5.56 Å². The molecule has 0 bridgehead atoms. The smallest absolute Gasteiger partial charge is 0.206 e. The molecular formula is C24H20F6. The fourth-order valence-electron chi connectivity index (χ4n) is 3.41. The minimum absolute atomic E-state index is 0.0290. The van der Waals surface area contributed by atoms with Crippen molar-refractivity contribution in [2.24, 2.45) is 0 Å². The molecule has 0 radical (unpaired) electrons. The summed E-state index contributed by atoms with van der Waals surface area (Å²) in [5.41, 5.74) is 0.617. The van der Waals surface area contributed by atoms with E-state index in [4.69, 9.17) is 0 Å². The average molecular weight is 422 g/mol. The first-order valence-corrected chi connectivity index (χ1v) is 9.64. The van der Waals surface area contributed by atoms with Crippen LogP contribution < -0.4 is 0 Å². The van der Waals surface area contributed by atoms with Crippen molar-refractivity contribution in [2.45, 2.75) is 39.0 Å². The first-order valence-electron chi connectivity index (χ1n) is 9.64. The Morgan fingerprint density at radius 1 is 0.700 bits per heavy atom. The first-order chi connectivity index (χ1) is 14.3. The lowest BCUT2D eigenvalue weighted by atomic mass is 9.97. The second-order valence-corrected chi connectivity index (χ2v) is 7.12. The molecule has 6 heteroatoms. The van der Waals surface area contributed by atoms with E-state index in [1.165, 1.54) is 12.1 Å². The van der Waals surface area contributed by atoms with Crippen molar-refractivity contribution in [3.63, 3.8) is 0 Å². The monoisotopic (exact) mass is 422 g/mol. The summed E-state index contributed by atoms with van der Waals surface area (Å²) in [6, 6.07) is 11.7. The Hall–Kier alpha value is -2.76. The van der Waals surface area contributed by atoms with E-state index < -0.39 is 35.3 Å². The van der Waals surface area contributed by atoms with Gasteiger partial charge in [-0.05, 0) is 53.6 Å². The van der Waals surface area contributed by atoms with Gasteiger partial charge in [-0.25, -0.2) is 26.3 Å². The largest absolute Gasteiger partial charge is 0.269 e. The highest BCUT2D eigenvalue weighted by Crippen LogP contribution is 2.29. The normalized spacial score (nSPS) is 11.3. The van der Waals surface area contributed by atoms with Crippen molar-refractivity contribution in [3.05, 3.63) is 94.1 Å². The first kappa shape index (κ1) is 21.9. The van der Waals surface area contributed by atoms with Gasteiger partial charge >= 0.3 is 0 Å². The second kappa shape index (κ2) is 9.37. The molecule has 0 aromatic heterocycles. The maximum Gasteiger partial charge on any atom is 0.269 e. The van der Waals surface area contributed by atoms with Crippen LogP contribution in [-0.2, 0) is 19.3 Å². The fourth-order valence-corrected chi connectivity index (χ4v) is 3.41. The number of alkyl halides is 2. The third-order valence-electron chi connectivity index (χ3n) is 5.01. The molecule has 0 unspecified atom stereocenters. The van der Waals surface area contributed by atoms with E-state index in [9.17, 15) is 26.3 Å². The lowest BCUT2D eigenvalue weighted by molar-refractivity contribution is 0.141. The van der Waals surface area contributed by atoms with Crippen LogP contribution in [0.1, 0.15) is 42.0 Å². The number of hydrogen-bond donors (Lipinski definition) is 0. The molecule has 0 amide bonds. The Labute approximate surface area is 171 Å². The van der Waals surface area contributed by atoms with E-state index in [-0.39, 0.29) is 29.5 Å². The highest BCUT2D eigenvalue weighted by atomic mass is 19.3. The highest BCUT2D eigenvalue weighted by molar-refractivity contribution is 5.65. The molecule has 0 N–H and O–H groups in total. The van der Waals surface area contributed by atoms with Crippen molar-refractivity contribution in [1.29, 1.82) is 0 Å². The van der Waals surface area contributed by atoms with E-state index >= 15 is 0 Å². The molecule has 3 aromatic carbocycles. The minimum atomic E-state index is -3.27. The van der Waals surface area contributed by atoms with Crippen LogP contribution in [0, 0.1) is 23.3 Å². The molecule has 0 atom stereocenters. The summed E-state index contributed by atoms with van der Waals surface area (Å²) in [5.74, 6) is -4.74. The summed E-state index contributed by atoms with van der Waals surface area (Å²) in [4.78, 5) is 0. The van der Waals surface area contributed by atoms with Gasteiger partial charge in [-0.15, -0.1) is 0 Å². The predicted octanol–water partition coefficient (Wildman–Crippen LogP) is 7.59. The van der Waals surface area contributed by atoms with Gasteiger partial charge in [0.15, 0.2) is 11.6 Å². The molecule has 3 aromatic rings. The lowest BCUT2D eigenvalue weighted by Crippen LogP contribution is -2.02. The highest BCUT2D eigenvalue weighted by Gasteiger charge is 2.20. The number of aryl methyl sites for hydroxylation is 3. The molecule has 0 saturated heterocycles. The van der Waals surface area contributed by atoms with Crippen molar-refractivity contribution < 1.29 is 26.3 Å². The predicted molar refractivity (Wildman–Crippen MR) is 105 cm³/mol. The topological polar surface area (TPSA) is 0 Å². The maximum atomic E-state index is 14.6. The van der Waals surface area contributed by atoms with Crippen LogP contribution in [0.3, 0.4) is 0 Å². The van der Waals surface area contributed by atoms with Crippen LogP contribution in [0.4, 0.5) is 26.3 Å². The Bertz CT molecular complexity index is 1000. The van der Waals surface area contributed by atoms with Gasteiger partial charge in [-0.2, -0.15) is 0 Å². The quantitative estimate of drug-likeness (QED) is 0.344.